The molecule has 14 heteroatoms. The van der Waals surface area contributed by atoms with Gasteiger partial charge in [0.05, 0.1) is 6.61 Å². The van der Waals surface area contributed by atoms with Gasteiger partial charge in [-0.2, -0.15) is 23.1 Å². The zero-order valence-electron chi connectivity index (χ0n) is 23.1. The summed E-state index contributed by atoms with van der Waals surface area (Å²) < 4.78 is 68.8. The number of nitrogens with two attached hydrogens (primary N) is 1. The number of rotatable bonds is 8. The molecule has 0 bridgehead atoms. The normalized spacial score (nSPS) is 18.9. The Morgan fingerprint density at radius 3 is 2.60 bits per heavy atom. The maximum Gasteiger partial charge on any atom is 0.429 e. The summed E-state index contributed by atoms with van der Waals surface area (Å²) in [5.41, 5.74) is 5.78. The standard InChI is InChI=1S/C29H30ClF4N5O4/c1-2-42-22-11-16(3-6-20(22)31)19-12-17(30)4-5-18(19)25(29(32,33)34)43-24-13-23(37-27(35)38-24)39-9-7-28(8-10-39)14-21(26(40)41)36-15-28/h3-6,11-13,21,25,36H,2,7-10,14-15H2,1H3,(H,40,41)(H2,35,37,38)/t21-,25?/m0/s1. The van der Waals surface area contributed by atoms with Crippen LogP contribution >= 0.6 is 11.6 Å². The molecule has 43 heavy (non-hydrogen) atoms. The fraction of sp³-hybridized carbons (Fsp3) is 0.414. The topological polar surface area (TPSA) is 123 Å². The van der Waals surface area contributed by atoms with Gasteiger partial charge in [0.2, 0.25) is 17.9 Å². The number of aromatic nitrogens is 2. The molecule has 0 saturated carbocycles. The number of piperidine rings is 1. The molecule has 2 aliphatic heterocycles. The Balaban J connectivity index is 1.43. The number of anilines is 2. The summed E-state index contributed by atoms with van der Waals surface area (Å²) in [5, 5.41) is 12.6. The fourth-order valence-electron chi connectivity index (χ4n) is 5.71. The first-order valence-electron chi connectivity index (χ1n) is 13.7. The smallest absolute Gasteiger partial charge is 0.429 e. The Labute approximate surface area is 250 Å². The molecule has 0 aliphatic carbocycles. The maximum atomic E-state index is 14.6. The van der Waals surface area contributed by atoms with Crippen LogP contribution in [0.5, 0.6) is 11.6 Å². The van der Waals surface area contributed by atoms with Crippen LogP contribution in [0.25, 0.3) is 11.1 Å². The van der Waals surface area contributed by atoms with E-state index in [2.05, 4.69) is 15.3 Å². The zero-order chi connectivity index (χ0) is 30.9. The van der Waals surface area contributed by atoms with Crippen LogP contribution in [0.2, 0.25) is 5.02 Å². The van der Waals surface area contributed by atoms with Crippen LogP contribution in [0, 0.1) is 11.2 Å². The summed E-state index contributed by atoms with van der Waals surface area (Å²) in [6.45, 7) is 3.40. The molecule has 0 radical (unpaired) electrons. The number of ether oxygens (including phenoxy) is 2. The Kier molecular flexibility index (Phi) is 8.57. The van der Waals surface area contributed by atoms with E-state index in [4.69, 9.17) is 26.8 Å². The quantitative estimate of drug-likeness (QED) is 0.274. The van der Waals surface area contributed by atoms with Gasteiger partial charge in [-0.3, -0.25) is 4.79 Å². The molecule has 1 unspecified atom stereocenters. The third kappa shape index (κ3) is 6.72. The lowest BCUT2D eigenvalue weighted by atomic mass is 9.76. The summed E-state index contributed by atoms with van der Waals surface area (Å²) in [6, 6.07) is 8.32. The van der Waals surface area contributed by atoms with Crippen LogP contribution in [0.3, 0.4) is 0 Å². The first-order valence-corrected chi connectivity index (χ1v) is 14.1. The highest BCUT2D eigenvalue weighted by atomic mass is 35.5. The van der Waals surface area contributed by atoms with Crippen LogP contribution < -0.4 is 25.4 Å². The van der Waals surface area contributed by atoms with Gasteiger partial charge in [-0.15, -0.1) is 0 Å². The summed E-state index contributed by atoms with van der Waals surface area (Å²) in [5.74, 6) is -2.00. The number of hydrogen-bond donors (Lipinski definition) is 3. The number of nitrogens with one attached hydrogen (secondary N) is 1. The van der Waals surface area contributed by atoms with Crippen LogP contribution in [0.1, 0.15) is 37.9 Å². The lowest BCUT2D eigenvalue weighted by Crippen LogP contribution is -2.41. The van der Waals surface area contributed by atoms with Crippen molar-refractivity contribution in [1.82, 2.24) is 15.3 Å². The van der Waals surface area contributed by atoms with Crippen LogP contribution in [0.15, 0.2) is 42.5 Å². The van der Waals surface area contributed by atoms with Crippen molar-refractivity contribution in [1.29, 1.82) is 0 Å². The van der Waals surface area contributed by atoms with E-state index in [-0.39, 0.29) is 51.3 Å². The molecular formula is C29H30ClF4N5O4. The van der Waals surface area contributed by atoms with E-state index in [1.54, 1.807) is 6.92 Å². The minimum atomic E-state index is -4.89. The Morgan fingerprint density at radius 2 is 1.95 bits per heavy atom. The summed E-state index contributed by atoms with van der Waals surface area (Å²) in [4.78, 5) is 21.4. The molecule has 1 aromatic heterocycles. The minimum Gasteiger partial charge on any atom is -0.491 e. The van der Waals surface area contributed by atoms with Crippen molar-refractivity contribution in [2.75, 3.05) is 36.9 Å². The number of hydrogen-bond acceptors (Lipinski definition) is 8. The van der Waals surface area contributed by atoms with Crippen molar-refractivity contribution in [3.05, 3.63) is 58.9 Å². The van der Waals surface area contributed by atoms with E-state index in [0.29, 0.717) is 44.7 Å². The largest absolute Gasteiger partial charge is 0.491 e. The van der Waals surface area contributed by atoms with Crippen LogP contribution in [-0.4, -0.2) is 59.5 Å². The van der Waals surface area contributed by atoms with Gasteiger partial charge in [0.15, 0.2) is 11.6 Å². The first kappa shape index (κ1) is 30.6. The molecule has 3 aromatic rings. The van der Waals surface area contributed by atoms with E-state index in [1.807, 2.05) is 4.90 Å². The maximum absolute atomic E-state index is 14.6. The molecule has 2 atom stereocenters. The average molecular weight is 624 g/mol. The molecule has 1 spiro atoms. The fourth-order valence-corrected chi connectivity index (χ4v) is 5.88. The summed E-state index contributed by atoms with van der Waals surface area (Å²) in [7, 11) is 0. The SMILES string of the molecule is CCOc1cc(-c2cc(Cl)ccc2C(Oc2cc(N3CCC4(CC3)CN[C@H](C(=O)O)C4)nc(N)n2)C(F)(F)F)ccc1F. The van der Waals surface area contributed by atoms with E-state index in [0.717, 1.165) is 6.07 Å². The number of halogens is 5. The number of carboxylic acid groups (broad SMARTS) is 1. The van der Waals surface area contributed by atoms with Gasteiger partial charge in [-0.1, -0.05) is 23.7 Å². The van der Waals surface area contributed by atoms with Gasteiger partial charge in [-0.05, 0) is 67.0 Å². The van der Waals surface area contributed by atoms with Crippen molar-refractivity contribution in [2.24, 2.45) is 5.41 Å². The van der Waals surface area contributed by atoms with Gasteiger partial charge in [0, 0.05) is 36.3 Å². The molecule has 9 nitrogen and oxygen atoms in total. The molecule has 230 valence electrons. The van der Waals surface area contributed by atoms with E-state index in [1.165, 1.54) is 36.4 Å². The average Bonchev–Trinajstić information content (AvgIpc) is 3.36. The highest BCUT2D eigenvalue weighted by Gasteiger charge is 2.46. The number of nitrogen functional groups attached to an aromatic ring is 1. The second kappa shape index (κ2) is 12.0. The predicted molar refractivity (Wildman–Crippen MR) is 152 cm³/mol. The van der Waals surface area contributed by atoms with Crippen molar-refractivity contribution in [3.8, 4) is 22.8 Å². The number of benzene rings is 2. The van der Waals surface area contributed by atoms with Crippen molar-refractivity contribution in [3.63, 3.8) is 0 Å². The molecule has 2 fully saturated rings. The van der Waals surface area contributed by atoms with Crippen molar-refractivity contribution in [2.45, 2.75) is 44.5 Å². The van der Waals surface area contributed by atoms with Crippen molar-refractivity contribution >= 4 is 29.3 Å². The molecule has 4 N–H and O–H groups in total. The predicted octanol–water partition coefficient (Wildman–Crippen LogP) is 5.63. The van der Waals surface area contributed by atoms with Crippen LogP contribution in [-0.2, 0) is 4.79 Å². The molecule has 2 aromatic carbocycles. The summed E-state index contributed by atoms with van der Waals surface area (Å²) in [6.07, 6.45) is -5.52. The minimum absolute atomic E-state index is 0.0733. The molecule has 3 heterocycles. The number of carboxylic acids is 1. The second-order valence-corrected chi connectivity index (χ2v) is 11.2. The van der Waals surface area contributed by atoms with Gasteiger partial charge >= 0.3 is 12.1 Å². The lowest BCUT2D eigenvalue weighted by Gasteiger charge is -2.39. The lowest BCUT2D eigenvalue weighted by molar-refractivity contribution is -0.198. The van der Waals surface area contributed by atoms with Crippen molar-refractivity contribution < 1.29 is 36.9 Å². The van der Waals surface area contributed by atoms with E-state index >= 15 is 0 Å². The van der Waals surface area contributed by atoms with Gasteiger partial charge in [-0.25, -0.2) is 4.39 Å². The monoisotopic (exact) mass is 623 g/mol. The van der Waals surface area contributed by atoms with E-state index in [9.17, 15) is 27.5 Å². The van der Waals surface area contributed by atoms with Gasteiger partial charge in [0.25, 0.3) is 0 Å². The Bertz CT molecular complexity index is 1500. The van der Waals surface area contributed by atoms with Crippen LogP contribution in [0.4, 0.5) is 29.3 Å². The number of carbonyl (C=O) groups is 1. The number of nitrogens with zero attached hydrogens (tertiary/aromatic N) is 3. The zero-order valence-corrected chi connectivity index (χ0v) is 23.9. The third-order valence-electron chi connectivity index (χ3n) is 7.89. The highest BCUT2D eigenvalue weighted by Crippen LogP contribution is 2.44. The molecular weight excluding hydrogens is 594 g/mol. The molecule has 2 aliphatic rings. The second-order valence-electron chi connectivity index (χ2n) is 10.7. The molecule has 2 saturated heterocycles. The molecule has 5 rings (SSSR count). The third-order valence-corrected chi connectivity index (χ3v) is 8.12. The van der Waals surface area contributed by atoms with E-state index < -0.39 is 30.1 Å². The first-order chi connectivity index (χ1) is 20.4. The highest BCUT2D eigenvalue weighted by molar-refractivity contribution is 6.30. The molecule has 0 amide bonds. The number of aliphatic carboxylic acids is 1. The Morgan fingerprint density at radius 1 is 1.21 bits per heavy atom. The Hall–Kier alpha value is -3.84. The van der Waals surface area contributed by atoms with Gasteiger partial charge in [0.1, 0.15) is 11.9 Å². The van der Waals surface area contributed by atoms with Gasteiger partial charge < -0.3 is 30.5 Å². The number of alkyl halides is 3. The summed E-state index contributed by atoms with van der Waals surface area (Å²) >= 11 is 6.17.